The molecule has 0 aliphatic heterocycles. The van der Waals surface area contributed by atoms with Crippen LogP contribution in [0.15, 0.2) is 0 Å². The van der Waals surface area contributed by atoms with E-state index in [9.17, 15) is 43.2 Å². The van der Waals surface area contributed by atoms with Gasteiger partial charge < -0.3 is 33.8 Å². The zero-order chi connectivity index (χ0) is 79.9. The first-order valence-electron chi connectivity index (χ1n) is 46.5. The molecule has 0 saturated heterocycles. The van der Waals surface area contributed by atoms with Gasteiger partial charge in [0.2, 0.25) is 0 Å². The Bertz CT molecular complexity index is 2080. The summed E-state index contributed by atoms with van der Waals surface area (Å²) in [6.45, 7) is 9.65. The van der Waals surface area contributed by atoms with Gasteiger partial charge >= 0.3 is 39.5 Å². The van der Waals surface area contributed by atoms with Crippen molar-refractivity contribution < 1.29 is 80.2 Å². The number of carbonyl (C=O) groups excluding carboxylic acids is 4. The molecule has 0 aromatic heterocycles. The van der Waals surface area contributed by atoms with Gasteiger partial charge in [-0.05, 0) is 37.5 Å². The summed E-state index contributed by atoms with van der Waals surface area (Å²) < 4.78 is 69.0. The average Bonchev–Trinajstić information content (AvgIpc) is 0.899. The Morgan fingerprint density at radius 3 is 0.624 bits per heavy atom. The molecule has 0 amide bonds. The molecule has 0 heterocycles. The number of aliphatic hydroxyl groups excluding tert-OH is 1. The maximum absolute atomic E-state index is 13.2. The lowest BCUT2D eigenvalue weighted by molar-refractivity contribution is -0.161. The van der Waals surface area contributed by atoms with Gasteiger partial charge in [-0.25, -0.2) is 9.13 Å². The Morgan fingerprint density at radius 2 is 0.422 bits per heavy atom. The van der Waals surface area contributed by atoms with Crippen molar-refractivity contribution in [2.24, 2.45) is 11.8 Å². The highest BCUT2D eigenvalue weighted by Crippen LogP contribution is 2.45. The molecule has 0 spiro atoms. The number of phosphoric ester groups is 2. The van der Waals surface area contributed by atoms with Crippen molar-refractivity contribution in [1.29, 1.82) is 0 Å². The summed E-state index contributed by atoms with van der Waals surface area (Å²) in [4.78, 5) is 73.3. The van der Waals surface area contributed by atoms with Gasteiger partial charge in [-0.15, -0.1) is 0 Å². The van der Waals surface area contributed by atoms with E-state index < -0.39 is 97.5 Å². The van der Waals surface area contributed by atoms with Crippen LogP contribution in [0.4, 0.5) is 0 Å². The summed E-state index contributed by atoms with van der Waals surface area (Å²) in [5, 5.41) is 10.7. The van der Waals surface area contributed by atoms with Crippen LogP contribution in [0.3, 0.4) is 0 Å². The molecular formula is C90H176O17P2. The van der Waals surface area contributed by atoms with E-state index in [1.165, 1.54) is 302 Å². The fraction of sp³-hybridized carbons (Fsp3) is 0.956. The number of phosphoric acid groups is 2. The van der Waals surface area contributed by atoms with E-state index in [0.29, 0.717) is 25.7 Å². The van der Waals surface area contributed by atoms with E-state index in [0.717, 1.165) is 102 Å². The molecular weight excluding hydrogens is 1410 g/mol. The van der Waals surface area contributed by atoms with Gasteiger partial charge in [-0.1, -0.05) is 433 Å². The zero-order valence-electron chi connectivity index (χ0n) is 71.9. The fourth-order valence-corrected chi connectivity index (χ4v) is 15.7. The number of hydrogen-bond donors (Lipinski definition) is 3. The molecule has 0 radical (unpaired) electrons. The van der Waals surface area contributed by atoms with Gasteiger partial charge in [-0.3, -0.25) is 37.3 Å². The molecule has 5 atom stereocenters. The van der Waals surface area contributed by atoms with Crippen LogP contribution >= 0.6 is 15.6 Å². The van der Waals surface area contributed by atoms with Crippen LogP contribution in [-0.4, -0.2) is 96.7 Å². The largest absolute Gasteiger partial charge is 0.472 e. The van der Waals surface area contributed by atoms with Crippen LogP contribution < -0.4 is 0 Å². The van der Waals surface area contributed by atoms with E-state index in [2.05, 4.69) is 41.5 Å². The number of rotatable bonds is 89. The third-order valence-corrected chi connectivity index (χ3v) is 23.1. The SMILES string of the molecule is CCCCCCCCCCCCCCCCCCCCCCCCC(=O)OC[C@H](COP(=O)(O)OC[C@@H](O)COP(=O)(O)OC[C@@H](COC(=O)CCCCCCCCCCCC(C)C)OC(=O)CCCCCCCCCCCCC(C)C)OC(=O)CCCCCCCCCCCCCCCCCCCCCCCC. The highest BCUT2D eigenvalue weighted by atomic mass is 31.2. The molecule has 2 unspecified atom stereocenters. The van der Waals surface area contributed by atoms with Crippen molar-refractivity contribution in [3.8, 4) is 0 Å². The average molecular weight is 1590 g/mol. The quantitative estimate of drug-likeness (QED) is 0.0222. The summed E-state index contributed by atoms with van der Waals surface area (Å²) >= 11 is 0. The lowest BCUT2D eigenvalue weighted by Gasteiger charge is -2.21. The molecule has 0 rings (SSSR count). The minimum atomic E-state index is -4.97. The number of esters is 4. The fourth-order valence-electron chi connectivity index (χ4n) is 14.1. The zero-order valence-corrected chi connectivity index (χ0v) is 73.7. The summed E-state index contributed by atoms with van der Waals surface area (Å²) in [5.41, 5.74) is 0. The first kappa shape index (κ1) is 107. The molecule has 0 bridgehead atoms. The monoisotopic (exact) mass is 1590 g/mol. The minimum absolute atomic E-state index is 0.106. The molecule has 3 N–H and O–H groups in total. The smallest absolute Gasteiger partial charge is 0.462 e. The van der Waals surface area contributed by atoms with Crippen LogP contribution in [0.5, 0.6) is 0 Å². The summed E-state index contributed by atoms with van der Waals surface area (Å²) in [7, 11) is -9.93. The predicted octanol–water partition coefficient (Wildman–Crippen LogP) is 27.8. The van der Waals surface area contributed by atoms with Gasteiger partial charge in [0, 0.05) is 25.7 Å². The van der Waals surface area contributed by atoms with Gasteiger partial charge in [0.25, 0.3) is 0 Å². The third kappa shape index (κ3) is 83.8. The highest BCUT2D eigenvalue weighted by Gasteiger charge is 2.31. The first-order chi connectivity index (χ1) is 52.9. The lowest BCUT2D eigenvalue weighted by atomic mass is 10.0. The van der Waals surface area contributed by atoms with E-state index in [-0.39, 0.29) is 25.7 Å². The molecule has 0 aromatic carbocycles. The Hall–Kier alpha value is -1.94. The highest BCUT2D eigenvalue weighted by molar-refractivity contribution is 7.47. The normalized spacial score (nSPS) is 13.8. The molecule has 17 nitrogen and oxygen atoms in total. The Labute approximate surface area is 670 Å². The van der Waals surface area contributed by atoms with Crippen LogP contribution in [0.2, 0.25) is 0 Å². The second-order valence-electron chi connectivity index (χ2n) is 33.3. The standard InChI is InChI=1S/C90H176O17P2/c1-7-9-11-13-15-17-19-21-23-25-27-29-31-33-35-37-39-41-48-54-60-66-72-87(92)100-78-85(106-89(94)74-68-62-56-49-42-40-38-36-34-32-30-28-26-24-22-20-18-16-14-12-10-8-2)80-104-108(96,97)102-76-84(91)77-103-109(98,99)105-81-86(79-101-88(93)73-67-61-55-51-45-47-53-59-65-71-83(5)6)107-90(95)75-69-63-57-50-44-43-46-52-58-64-70-82(3)4/h82-86,91H,7-81H2,1-6H3,(H,96,97)(H,98,99)/t84-,85-,86-/m1/s1. The van der Waals surface area contributed by atoms with Crippen LogP contribution in [-0.2, 0) is 65.4 Å². The number of hydrogen-bond acceptors (Lipinski definition) is 15. The second kappa shape index (κ2) is 81.2. The Morgan fingerprint density at radius 1 is 0.248 bits per heavy atom. The summed E-state index contributed by atoms with van der Waals surface area (Å²) in [6, 6.07) is 0. The van der Waals surface area contributed by atoms with Crippen molar-refractivity contribution in [2.75, 3.05) is 39.6 Å². The molecule has 0 saturated carbocycles. The maximum Gasteiger partial charge on any atom is 0.472 e. The molecule has 19 heteroatoms. The number of aliphatic hydroxyl groups is 1. The summed E-state index contributed by atoms with van der Waals surface area (Å²) in [6.07, 6.45) is 75.3. The summed E-state index contributed by atoms with van der Waals surface area (Å²) in [5.74, 6) is -0.605. The lowest BCUT2D eigenvalue weighted by Crippen LogP contribution is -2.30. The number of ether oxygens (including phenoxy) is 4. The van der Waals surface area contributed by atoms with E-state index in [4.69, 9.17) is 37.0 Å². The second-order valence-corrected chi connectivity index (χ2v) is 36.2. The molecule has 0 aliphatic rings. The van der Waals surface area contributed by atoms with Crippen molar-refractivity contribution in [1.82, 2.24) is 0 Å². The van der Waals surface area contributed by atoms with Gasteiger partial charge in [-0.2, -0.15) is 0 Å². The molecule has 0 aromatic rings. The topological polar surface area (TPSA) is 237 Å². The van der Waals surface area contributed by atoms with E-state index in [1.807, 2.05) is 0 Å². The van der Waals surface area contributed by atoms with Crippen LogP contribution in [0, 0.1) is 11.8 Å². The molecule has 109 heavy (non-hydrogen) atoms. The first-order valence-corrected chi connectivity index (χ1v) is 49.5. The number of unbranched alkanes of at least 4 members (excludes halogenated alkanes) is 59. The number of carbonyl (C=O) groups is 4. The third-order valence-electron chi connectivity index (χ3n) is 21.2. The molecule has 0 fully saturated rings. The van der Waals surface area contributed by atoms with Gasteiger partial charge in [0.05, 0.1) is 26.4 Å². The van der Waals surface area contributed by atoms with Crippen LogP contribution in [0.25, 0.3) is 0 Å². The maximum atomic E-state index is 13.2. The van der Waals surface area contributed by atoms with E-state index in [1.54, 1.807) is 0 Å². The van der Waals surface area contributed by atoms with Crippen molar-refractivity contribution >= 4 is 39.5 Å². The van der Waals surface area contributed by atoms with Crippen molar-refractivity contribution in [3.63, 3.8) is 0 Å². The Kier molecular flexibility index (Phi) is 79.8. The molecule has 0 aliphatic carbocycles. The van der Waals surface area contributed by atoms with E-state index >= 15 is 0 Å². The molecule has 648 valence electrons. The van der Waals surface area contributed by atoms with Crippen LogP contribution in [0.1, 0.15) is 485 Å². The van der Waals surface area contributed by atoms with Crippen molar-refractivity contribution in [3.05, 3.63) is 0 Å². The minimum Gasteiger partial charge on any atom is -0.462 e. The van der Waals surface area contributed by atoms with Crippen molar-refractivity contribution in [2.45, 2.75) is 503 Å². The van der Waals surface area contributed by atoms with Gasteiger partial charge in [0.1, 0.15) is 19.3 Å². The predicted molar refractivity (Wildman–Crippen MR) is 451 cm³/mol. The van der Waals surface area contributed by atoms with Gasteiger partial charge in [0.15, 0.2) is 12.2 Å². The Balaban J connectivity index is 5.21.